The largest absolute Gasteiger partial charge is 0.388 e. The predicted octanol–water partition coefficient (Wildman–Crippen LogP) is 1.80. The molecule has 0 aliphatic carbocycles. The summed E-state index contributed by atoms with van der Waals surface area (Å²) in [5.74, 6) is -0.389. The highest BCUT2D eigenvalue weighted by Gasteiger charge is 2.43. The van der Waals surface area contributed by atoms with Crippen LogP contribution in [0.4, 0.5) is 10.1 Å². The number of aliphatic hydroxyl groups excluding tert-OH is 2. The van der Waals surface area contributed by atoms with Gasteiger partial charge in [0, 0.05) is 50.0 Å². The van der Waals surface area contributed by atoms with Crippen molar-refractivity contribution < 1.29 is 24.1 Å². The third kappa shape index (κ3) is 6.02. The lowest BCUT2D eigenvalue weighted by Crippen LogP contribution is -2.49. The summed E-state index contributed by atoms with van der Waals surface area (Å²) >= 11 is 5.99. The zero-order valence-electron chi connectivity index (χ0n) is 18.2. The number of hydrogen-bond donors (Lipinski definition) is 3. The molecule has 1 amide bonds. The molecule has 0 radical (unpaired) electrons. The maximum Gasteiger partial charge on any atom is 0.225 e. The van der Waals surface area contributed by atoms with E-state index < -0.39 is 24.4 Å². The second-order valence-electron chi connectivity index (χ2n) is 8.50. The Hall–Kier alpha value is -2.23. The molecular formula is C24H29ClFN3O4. The van der Waals surface area contributed by atoms with Crippen LogP contribution in [0.25, 0.3) is 0 Å². The number of carbonyl (C=O) groups excluding carboxylic acids is 1. The Bertz CT molecular complexity index is 940. The van der Waals surface area contributed by atoms with Crippen LogP contribution in [0.2, 0.25) is 5.02 Å². The molecule has 9 heteroatoms. The molecule has 0 saturated carbocycles. The zero-order valence-corrected chi connectivity index (χ0v) is 19.0. The number of anilines is 1. The van der Waals surface area contributed by atoms with E-state index in [1.165, 1.54) is 12.1 Å². The van der Waals surface area contributed by atoms with Crippen LogP contribution < -0.4 is 10.2 Å². The summed E-state index contributed by atoms with van der Waals surface area (Å²) in [6.45, 7) is 3.24. The lowest BCUT2D eigenvalue weighted by Gasteiger charge is -2.36. The number of benzene rings is 2. The van der Waals surface area contributed by atoms with Crippen LogP contribution in [0.5, 0.6) is 0 Å². The number of rotatable bonds is 7. The molecule has 0 spiro atoms. The molecule has 178 valence electrons. The van der Waals surface area contributed by atoms with Crippen molar-refractivity contribution in [2.45, 2.75) is 37.4 Å². The van der Waals surface area contributed by atoms with Gasteiger partial charge in [0.1, 0.15) is 18.0 Å². The van der Waals surface area contributed by atoms with Gasteiger partial charge in [-0.05, 0) is 42.0 Å². The van der Waals surface area contributed by atoms with Crippen LogP contribution in [-0.2, 0) is 16.1 Å². The molecule has 2 heterocycles. The molecule has 4 rings (SSSR count). The first-order valence-electron chi connectivity index (χ1n) is 11.2. The van der Waals surface area contributed by atoms with Crippen molar-refractivity contribution in [2.24, 2.45) is 0 Å². The third-order valence-electron chi connectivity index (χ3n) is 6.22. The number of aliphatic hydroxyl groups is 2. The SMILES string of the molecule is O=C(C[C@@H]1O[C@H](CNCc2cccc(Cl)c2)[C@@H](O)[C@H]1O)N1CCN(c2ccc(F)cc2)CC1. The minimum Gasteiger partial charge on any atom is -0.388 e. The van der Waals surface area contributed by atoms with Crippen LogP contribution in [0, 0.1) is 5.82 Å². The summed E-state index contributed by atoms with van der Waals surface area (Å²) in [5, 5.41) is 24.6. The highest BCUT2D eigenvalue weighted by molar-refractivity contribution is 6.30. The van der Waals surface area contributed by atoms with Crippen molar-refractivity contribution in [3.8, 4) is 0 Å². The summed E-state index contributed by atoms with van der Waals surface area (Å²) in [4.78, 5) is 16.6. The second-order valence-corrected chi connectivity index (χ2v) is 8.94. The Morgan fingerprint density at radius 3 is 2.45 bits per heavy atom. The Labute approximate surface area is 197 Å². The Balaban J connectivity index is 1.23. The highest BCUT2D eigenvalue weighted by atomic mass is 35.5. The average Bonchev–Trinajstić information content (AvgIpc) is 3.07. The van der Waals surface area contributed by atoms with Crippen molar-refractivity contribution in [2.75, 3.05) is 37.6 Å². The number of nitrogens with one attached hydrogen (secondary N) is 1. The number of piperazine rings is 1. The number of carbonyl (C=O) groups is 1. The van der Waals surface area contributed by atoms with E-state index in [9.17, 15) is 19.4 Å². The second kappa shape index (κ2) is 10.8. The van der Waals surface area contributed by atoms with Gasteiger partial charge in [-0.3, -0.25) is 4.79 Å². The number of nitrogens with zero attached hydrogens (tertiary/aromatic N) is 2. The third-order valence-corrected chi connectivity index (χ3v) is 6.46. The minimum absolute atomic E-state index is 0.0135. The Kier molecular flexibility index (Phi) is 7.82. The van der Waals surface area contributed by atoms with Gasteiger partial charge >= 0.3 is 0 Å². The molecule has 0 aromatic heterocycles. The van der Waals surface area contributed by atoms with Gasteiger partial charge < -0.3 is 30.1 Å². The van der Waals surface area contributed by atoms with Gasteiger partial charge in [-0.2, -0.15) is 0 Å². The molecule has 2 aromatic carbocycles. The van der Waals surface area contributed by atoms with Gasteiger partial charge in [0.05, 0.1) is 18.6 Å². The van der Waals surface area contributed by atoms with E-state index >= 15 is 0 Å². The minimum atomic E-state index is -1.12. The monoisotopic (exact) mass is 477 g/mol. The molecule has 4 atom stereocenters. The summed E-state index contributed by atoms with van der Waals surface area (Å²) in [5.41, 5.74) is 1.93. The van der Waals surface area contributed by atoms with Gasteiger partial charge in [-0.1, -0.05) is 23.7 Å². The van der Waals surface area contributed by atoms with Gasteiger partial charge in [-0.15, -0.1) is 0 Å². The van der Waals surface area contributed by atoms with E-state index in [0.29, 0.717) is 44.3 Å². The van der Waals surface area contributed by atoms with Gasteiger partial charge in [0.15, 0.2) is 0 Å². The molecule has 2 aromatic rings. The predicted molar refractivity (Wildman–Crippen MR) is 124 cm³/mol. The molecule has 0 bridgehead atoms. The highest BCUT2D eigenvalue weighted by Crippen LogP contribution is 2.25. The quantitative estimate of drug-likeness (QED) is 0.564. The molecule has 2 aliphatic heterocycles. The standard InChI is InChI=1S/C24H29ClFN3O4/c25-17-3-1-2-16(12-17)14-27-15-21-24(32)23(31)20(33-21)13-22(30)29-10-8-28(9-11-29)19-6-4-18(26)5-7-19/h1-7,12,20-21,23-24,27,31-32H,8-11,13-15H2/t20-,21+,23-,24+/m0/s1. The molecular weight excluding hydrogens is 449 g/mol. The van der Waals surface area contributed by atoms with Crippen LogP contribution in [-0.4, -0.2) is 78.2 Å². The van der Waals surface area contributed by atoms with E-state index in [0.717, 1.165) is 11.3 Å². The fraction of sp³-hybridized carbons (Fsp3) is 0.458. The van der Waals surface area contributed by atoms with Crippen molar-refractivity contribution in [3.63, 3.8) is 0 Å². The van der Waals surface area contributed by atoms with Crippen LogP contribution in [0.15, 0.2) is 48.5 Å². The lowest BCUT2D eigenvalue weighted by atomic mass is 10.0. The first-order valence-corrected chi connectivity index (χ1v) is 11.5. The number of amides is 1. The fourth-order valence-corrected chi connectivity index (χ4v) is 4.55. The average molecular weight is 478 g/mol. The van der Waals surface area contributed by atoms with E-state index in [1.807, 2.05) is 18.2 Å². The number of halogens is 2. The Morgan fingerprint density at radius 1 is 1.06 bits per heavy atom. The first kappa shape index (κ1) is 23.9. The van der Waals surface area contributed by atoms with Crippen molar-refractivity contribution in [1.82, 2.24) is 10.2 Å². The molecule has 2 saturated heterocycles. The topological polar surface area (TPSA) is 85.3 Å². The van der Waals surface area contributed by atoms with Gasteiger partial charge in [0.2, 0.25) is 5.91 Å². The van der Waals surface area contributed by atoms with Gasteiger partial charge in [-0.25, -0.2) is 4.39 Å². The molecule has 2 aliphatic rings. The normalized spacial score (nSPS) is 25.5. The maximum absolute atomic E-state index is 13.1. The molecule has 3 N–H and O–H groups in total. The van der Waals surface area contributed by atoms with E-state index in [4.69, 9.17) is 16.3 Å². The van der Waals surface area contributed by atoms with Crippen molar-refractivity contribution >= 4 is 23.2 Å². The zero-order chi connectivity index (χ0) is 23.4. The number of hydrogen-bond acceptors (Lipinski definition) is 6. The van der Waals surface area contributed by atoms with Crippen LogP contribution >= 0.6 is 11.6 Å². The lowest BCUT2D eigenvalue weighted by molar-refractivity contribution is -0.135. The van der Waals surface area contributed by atoms with Crippen molar-refractivity contribution in [1.29, 1.82) is 0 Å². The fourth-order valence-electron chi connectivity index (χ4n) is 4.34. The summed E-state index contributed by atoms with van der Waals surface area (Å²) < 4.78 is 19.0. The van der Waals surface area contributed by atoms with Gasteiger partial charge in [0.25, 0.3) is 0 Å². The van der Waals surface area contributed by atoms with E-state index in [-0.39, 0.29) is 18.1 Å². The number of ether oxygens (including phenoxy) is 1. The molecule has 0 unspecified atom stereocenters. The first-order chi connectivity index (χ1) is 15.9. The molecule has 2 fully saturated rings. The Morgan fingerprint density at radius 2 is 1.76 bits per heavy atom. The van der Waals surface area contributed by atoms with E-state index in [1.54, 1.807) is 23.1 Å². The smallest absolute Gasteiger partial charge is 0.225 e. The van der Waals surface area contributed by atoms with Crippen molar-refractivity contribution in [3.05, 3.63) is 64.9 Å². The summed E-state index contributed by atoms with van der Waals surface area (Å²) in [7, 11) is 0. The van der Waals surface area contributed by atoms with Crippen LogP contribution in [0.3, 0.4) is 0 Å². The van der Waals surface area contributed by atoms with Crippen LogP contribution in [0.1, 0.15) is 12.0 Å². The van der Waals surface area contributed by atoms with E-state index in [2.05, 4.69) is 10.2 Å². The summed E-state index contributed by atoms with van der Waals surface area (Å²) in [6, 6.07) is 13.8. The maximum atomic E-state index is 13.1. The summed E-state index contributed by atoms with van der Waals surface area (Å²) in [6.07, 6.45) is -3.52. The molecule has 33 heavy (non-hydrogen) atoms. The molecule has 7 nitrogen and oxygen atoms in total.